The fourth-order valence-corrected chi connectivity index (χ4v) is 1.38. The summed E-state index contributed by atoms with van der Waals surface area (Å²) < 4.78 is 5.13. The molecule has 0 bridgehead atoms. The van der Waals surface area contributed by atoms with Crippen LogP contribution < -0.4 is 20.7 Å². The van der Waals surface area contributed by atoms with Crippen LogP contribution in [-0.2, 0) is 4.79 Å². The van der Waals surface area contributed by atoms with Gasteiger partial charge < -0.3 is 15.8 Å². The molecule has 3 amide bonds. The highest BCUT2D eigenvalue weighted by molar-refractivity contribution is 5.91. The van der Waals surface area contributed by atoms with Crippen molar-refractivity contribution < 1.29 is 14.3 Å². The number of carbonyl (C=O) groups is 2. The second-order valence-corrected chi connectivity index (χ2v) is 4.41. The van der Waals surface area contributed by atoms with E-state index in [2.05, 4.69) is 5.32 Å². The van der Waals surface area contributed by atoms with Crippen molar-refractivity contribution in [3.8, 4) is 5.75 Å². The molecule has 6 nitrogen and oxygen atoms in total. The van der Waals surface area contributed by atoms with Gasteiger partial charge in [0.1, 0.15) is 5.75 Å². The van der Waals surface area contributed by atoms with Crippen LogP contribution in [0.3, 0.4) is 0 Å². The lowest BCUT2D eigenvalue weighted by molar-refractivity contribution is -0.119. The number of amides is 3. The molecule has 0 radical (unpaired) electrons. The number of urea groups is 1. The van der Waals surface area contributed by atoms with Crippen molar-refractivity contribution in [3.05, 3.63) is 24.3 Å². The van der Waals surface area contributed by atoms with Crippen LogP contribution >= 0.6 is 0 Å². The molecule has 0 fully saturated rings. The van der Waals surface area contributed by atoms with E-state index in [0.717, 1.165) is 5.69 Å². The van der Waals surface area contributed by atoms with E-state index in [-0.39, 0.29) is 18.7 Å². The highest BCUT2D eigenvalue weighted by Gasteiger charge is 2.11. The van der Waals surface area contributed by atoms with Gasteiger partial charge in [-0.3, -0.25) is 9.69 Å². The molecule has 0 heterocycles. The zero-order chi connectivity index (χ0) is 14.4. The predicted octanol–water partition coefficient (Wildman–Crippen LogP) is 1.10. The summed E-state index contributed by atoms with van der Waals surface area (Å²) in [5, 5.41) is 2.79. The summed E-state index contributed by atoms with van der Waals surface area (Å²) >= 11 is 0. The van der Waals surface area contributed by atoms with Gasteiger partial charge in [0.25, 0.3) is 5.91 Å². The quantitative estimate of drug-likeness (QED) is 0.836. The minimum absolute atomic E-state index is 0.0770. The standard InChI is InChI=1S/C13H19N3O3/c1-9(2)15-13(18)16(3)10-4-6-11(7-5-10)19-8-12(14)17/h4-7,9H,8H2,1-3H3,(H2,14,17)(H,15,18). The molecule has 1 rings (SSSR count). The molecule has 0 aromatic heterocycles. The largest absolute Gasteiger partial charge is 0.484 e. The van der Waals surface area contributed by atoms with Crippen molar-refractivity contribution in [3.63, 3.8) is 0 Å². The number of primary amides is 1. The SMILES string of the molecule is CC(C)NC(=O)N(C)c1ccc(OCC(N)=O)cc1. The van der Waals surface area contributed by atoms with Gasteiger partial charge in [-0.15, -0.1) is 0 Å². The summed E-state index contributed by atoms with van der Waals surface area (Å²) in [5.74, 6) is -0.00211. The van der Waals surface area contributed by atoms with Crippen LogP contribution in [0, 0.1) is 0 Å². The monoisotopic (exact) mass is 265 g/mol. The Balaban J connectivity index is 2.64. The predicted molar refractivity (Wildman–Crippen MR) is 73.2 cm³/mol. The van der Waals surface area contributed by atoms with Crippen molar-refractivity contribution in [1.82, 2.24) is 5.32 Å². The highest BCUT2D eigenvalue weighted by Crippen LogP contribution is 2.18. The average Bonchev–Trinajstić information content (AvgIpc) is 2.35. The minimum Gasteiger partial charge on any atom is -0.484 e. The van der Waals surface area contributed by atoms with Crippen molar-refractivity contribution in [2.45, 2.75) is 19.9 Å². The molecule has 1 aromatic rings. The third-order valence-electron chi connectivity index (χ3n) is 2.32. The lowest BCUT2D eigenvalue weighted by Crippen LogP contribution is -2.40. The number of rotatable bonds is 5. The zero-order valence-corrected chi connectivity index (χ0v) is 11.3. The van der Waals surface area contributed by atoms with Gasteiger partial charge in [0, 0.05) is 18.8 Å². The van der Waals surface area contributed by atoms with E-state index in [1.807, 2.05) is 13.8 Å². The van der Waals surface area contributed by atoms with Gasteiger partial charge in [0.05, 0.1) is 0 Å². The molecule has 0 saturated carbocycles. The summed E-state index contributed by atoms with van der Waals surface area (Å²) in [6, 6.07) is 6.72. The van der Waals surface area contributed by atoms with E-state index in [1.165, 1.54) is 4.90 Å². The lowest BCUT2D eigenvalue weighted by Gasteiger charge is -2.20. The van der Waals surface area contributed by atoms with Gasteiger partial charge in [-0.1, -0.05) is 0 Å². The Bertz CT molecular complexity index is 443. The molecule has 6 heteroatoms. The maximum absolute atomic E-state index is 11.8. The molecule has 19 heavy (non-hydrogen) atoms. The number of benzene rings is 1. The molecule has 0 atom stereocenters. The minimum atomic E-state index is -0.530. The van der Waals surface area contributed by atoms with E-state index in [9.17, 15) is 9.59 Å². The molecule has 1 aromatic carbocycles. The smallest absolute Gasteiger partial charge is 0.321 e. The Labute approximate surface area is 112 Å². The summed E-state index contributed by atoms with van der Waals surface area (Å²) in [4.78, 5) is 23.8. The molecular formula is C13H19N3O3. The Morgan fingerprint density at radius 3 is 2.37 bits per heavy atom. The first-order chi connectivity index (χ1) is 8.90. The number of hydrogen-bond acceptors (Lipinski definition) is 3. The van der Waals surface area contributed by atoms with E-state index < -0.39 is 5.91 Å². The van der Waals surface area contributed by atoms with Crippen LogP contribution in [0.1, 0.15) is 13.8 Å². The van der Waals surface area contributed by atoms with Gasteiger partial charge in [0.2, 0.25) is 0 Å². The molecule has 104 valence electrons. The first-order valence-corrected chi connectivity index (χ1v) is 5.95. The Hall–Kier alpha value is -2.24. The van der Waals surface area contributed by atoms with Crippen LogP contribution in [-0.4, -0.2) is 31.6 Å². The van der Waals surface area contributed by atoms with Crippen LogP contribution in [0.5, 0.6) is 5.75 Å². The number of hydrogen-bond donors (Lipinski definition) is 2. The number of ether oxygens (including phenoxy) is 1. The third kappa shape index (κ3) is 4.87. The van der Waals surface area contributed by atoms with Gasteiger partial charge >= 0.3 is 6.03 Å². The zero-order valence-electron chi connectivity index (χ0n) is 11.3. The Kier molecular flexibility index (Phi) is 5.17. The summed E-state index contributed by atoms with van der Waals surface area (Å²) in [6.07, 6.45) is 0. The van der Waals surface area contributed by atoms with Gasteiger partial charge in [-0.2, -0.15) is 0 Å². The van der Waals surface area contributed by atoms with Crippen molar-refractivity contribution in [1.29, 1.82) is 0 Å². The van der Waals surface area contributed by atoms with Crippen molar-refractivity contribution in [2.24, 2.45) is 5.73 Å². The van der Waals surface area contributed by atoms with Crippen molar-refractivity contribution >= 4 is 17.6 Å². The summed E-state index contributed by atoms with van der Waals surface area (Å²) in [5.41, 5.74) is 5.71. The second kappa shape index (κ2) is 6.63. The normalized spacial score (nSPS) is 10.1. The molecule has 0 aliphatic carbocycles. The molecule has 0 unspecified atom stereocenters. The lowest BCUT2D eigenvalue weighted by atomic mass is 10.3. The van der Waals surface area contributed by atoms with Gasteiger partial charge in [0.15, 0.2) is 6.61 Å². The van der Waals surface area contributed by atoms with Gasteiger partial charge in [-0.05, 0) is 38.1 Å². The van der Waals surface area contributed by atoms with E-state index in [1.54, 1.807) is 31.3 Å². The van der Waals surface area contributed by atoms with Crippen LogP contribution in [0.4, 0.5) is 10.5 Å². The first-order valence-electron chi connectivity index (χ1n) is 5.95. The molecule has 0 aliphatic heterocycles. The topological polar surface area (TPSA) is 84.7 Å². The molecule has 0 saturated heterocycles. The maximum Gasteiger partial charge on any atom is 0.321 e. The fraction of sp³-hybridized carbons (Fsp3) is 0.385. The number of carbonyl (C=O) groups excluding carboxylic acids is 2. The Morgan fingerprint density at radius 1 is 1.32 bits per heavy atom. The summed E-state index contributed by atoms with van der Waals surface area (Å²) in [6.45, 7) is 3.63. The molecular weight excluding hydrogens is 246 g/mol. The molecule has 0 aliphatic rings. The molecule has 0 spiro atoms. The van der Waals surface area contributed by atoms with Crippen LogP contribution in [0.15, 0.2) is 24.3 Å². The number of anilines is 1. The third-order valence-corrected chi connectivity index (χ3v) is 2.32. The van der Waals surface area contributed by atoms with Crippen molar-refractivity contribution in [2.75, 3.05) is 18.6 Å². The second-order valence-electron chi connectivity index (χ2n) is 4.41. The average molecular weight is 265 g/mol. The molecule has 3 N–H and O–H groups in total. The maximum atomic E-state index is 11.8. The van der Waals surface area contributed by atoms with E-state index >= 15 is 0 Å². The number of nitrogens with one attached hydrogen (secondary N) is 1. The van der Waals surface area contributed by atoms with Crippen LogP contribution in [0.2, 0.25) is 0 Å². The van der Waals surface area contributed by atoms with E-state index in [4.69, 9.17) is 10.5 Å². The summed E-state index contributed by atoms with van der Waals surface area (Å²) in [7, 11) is 1.68. The first kappa shape index (κ1) is 14.8. The van der Waals surface area contributed by atoms with Crippen LogP contribution in [0.25, 0.3) is 0 Å². The van der Waals surface area contributed by atoms with Gasteiger partial charge in [-0.25, -0.2) is 4.79 Å². The fourth-order valence-electron chi connectivity index (χ4n) is 1.38. The number of nitrogens with zero attached hydrogens (tertiary/aromatic N) is 1. The number of nitrogens with two attached hydrogens (primary N) is 1. The Morgan fingerprint density at radius 2 is 1.89 bits per heavy atom. The van der Waals surface area contributed by atoms with E-state index in [0.29, 0.717) is 5.75 Å². The highest BCUT2D eigenvalue weighted by atomic mass is 16.5.